The fourth-order valence-electron chi connectivity index (χ4n) is 1.71. The van der Waals surface area contributed by atoms with E-state index in [0.717, 1.165) is 6.07 Å². The van der Waals surface area contributed by atoms with Gasteiger partial charge in [-0.2, -0.15) is 10.5 Å². The number of nitrogens with zero attached hydrogens (tertiary/aromatic N) is 2. The molecule has 1 atom stereocenters. The first-order chi connectivity index (χ1) is 9.63. The largest absolute Gasteiger partial charge is 0.366 e. The zero-order valence-electron chi connectivity index (χ0n) is 10.3. The molecule has 98 valence electrons. The molecule has 1 unspecified atom stereocenters. The highest BCUT2D eigenvalue weighted by atomic mass is 19.1. The molecule has 3 nitrogen and oxygen atoms in total. The highest BCUT2D eigenvalue weighted by Crippen LogP contribution is 2.21. The quantitative estimate of drug-likeness (QED) is 0.927. The van der Waals surface area contributed by atoms with Crippen molar-refractivity contribution in [1.82, 2.24) is 0 Å². The van der Waals surface area contributed by atoms with Gasteiger partial charge in [-0.05, 0) is 42.0 Å². The van der Waals surface area contributed by atoms with Gasteiger partial charge < -0.3 is 5.32 Å². The molecule has 0 fully saturated rings. The third kappa shape index (κ3) is 2.90. The summed E-state index contributed by atoms with van der Waals surface area (Å²) in [5.41, 5.74) is 0.902. The van der Waals surface area contributed by atoms with Gasteiger partial charge in [0, 0.05) is 5.69 Å². The molecule has 1 N–H and O–H groups in total. The Hall–Kier alpha value is -2.92. The lowest BCUT2D eigenvalue weighted by Crippen LogP contribution is -2.09. The van der Waals surface area contributed by atoms with Crippen LogP contribution in [0.15, 0.2) is 42.5 Å². The van der Waals surface area contributed by atoms with E-state index < -0.39 is 11.9 Å². The molecule has 0 aliphatic carbocycles. The molecule has 0 saturated heterocycles. The highest BCUT2D eigenvalue weighted by molar-refractivity contribution is 5.48. The minimum Gasteiger partial charge on any atom is -0.366 e. The zero-order chi connectivity index (χ0) is 14.5. The summed E-state index contributed by atoms with van der Waals surface area (Å²) in [4.78, 5) is 0. The van der Waals surface area contributed by atoms with Crippen molar-refractivity contribution in [1.29, 1.82) is 10.5 Å². The molecule has 0 aliphatic rings. The summed E-state index contributed by atoms with van der Waals surface area (Å²) in [6.07, 6.45) is 0. The maximum atomic E-state index is 13.2. The van der Waals surface area contributed by atoms with Crippen LogP contribution in [0.5, 0.6) is 0 Å². The van der Waals surface area contributed by atoms with Crippen LogP contribution in [0.2, 0.25) is 0 Å². The number of hydrogen-bond acceptors (Lipinski definition) is 3. The van der Waals surface area contributed by atoms with Crippen molar-refractivity contribution in [2.45, 2.75) is 6.04 Å². The molecule has 0 aromatic heterocycles. The molecule has 5 heteroatoms. The summed E-state index contributed by atoms with van der Waals surface area (Å²) >= 11 is 0. The van der Waals surface area contributed by atoms with Crippen molar-refractivity contribution in [3.05, 3.63) is 65.2 Å². The van der Waals surface area contributed by atoms with E-state index in [1.54, 1.807) is 6.07 Å². The lowest BCUT2D eigenvalue weighted by molar-refractivity contribution is 0.622. The Balaban J connectivity index is 2.27. The first-order valence-corrected chi connectivity index (χ1v) is 5.75. The van der Waals surface area contributed by atoms with E-state index in [1.165, 1.54) is 36.4 Å². The lowest BCUT2D eigenvalue weighted by Gasteiger charge is -2.13. The fourth-order valence-corrected chi connectivity index (χ4v) is 1.71. The fraction of sp³-hybridized carbons (Fsp3) is 0.0667. The van der Waals surface area contributed by atoms with Crippen molar-refractivity contribution in [3.8, 4) is 12.1 Å². The number of benzene rings is 2. The molecule has 2 aromatic carbocycles. The minimum absolute atomic E-state index is 0.122. The Morgan fingerprint density at radius 2 is 1.70 bits per heavy atom. The number of halogens is 2. The molecule has 2 aromatic rings. The maximum Gasteiger partial charge on any atom is 0.140 e. The van der Waals surface area contributed by atoms with Crippen molar-refractivity contribution >= 4 is 5.69 Å². The normalized spacial score (nSPS) is 11.2. The van der Waals surface area contributed by atoms with E-state index in [1.807, 2.05) is 6.07 Å². The molecular weight excluding hydrogens is 260 g/mol. The summed E-state index contributed by atoms with van der Waals surface area (Å²) < 4.78 is 26.0. The molecule has 0 aliphatic heterocycles. The van der Waals surface area contributed by atoms with Gasteiger partial charge in [-0.15, -0.1) is 0 Å². The Labute approximate surface area is 114 Å². The summed E-state index contributed by atoms with van der Waals surface area (Å²) in [5.74, 6) is -1.01. The molecule has 0 amide bonds. The monoisotopic (exact) mass is 269 g/mol. The lowest BCUT2D eigenvalue weighted by atomic mass is 10.0. The third-order valence-electron chi connectivity index (χ3n) is 2.73. The Kier molecular flexibility index (Phi) is 3.93. The van der Waals surface area contributed by atoms with Crippen LogP contribution in [0.3, 0.4) is 0 Å². The zero-order valence-corrected chi connectivity index (χ0v) is 10.3. The molecule has 0 saturated carbocycles. The summed E-state index contributed by atoms with van der Waals surface area (Å²) in [6.45, 7) is 0. The van der Waals surface area contributed by atoms with Crippen molar-refractivity contribution in [2.75, 3.05) is 5.32 Å². The molecule has 2 rings (SSSR count). The van der Waals surface area contributed by atoms with Crippen LogP contribution >= 0.6 is 0 Å². The van der Waals surface area contributed by atoms with Gasteiger partial charge >= 0.3 is 0 Å². The number of rotatable bonds is 3. The van der Waals surface area contributed by atoms with Crippen LogP contribution in [-0.4, -0.2) is 0 Å². The summed E-state index contributed by atoms with van der Waals surface area (Å²) in [6, 6.07) is 12.4. The molecule has 20 heavy (non-hydrogen) atoms. The van der Waals surface area contributed by atoms with E-state index in [0.29, 0.717) is 11.3 Å². The second kappa shape index (κ2) is 5.81. The topological polar surface area (TPSA) is 59.6 Å². The first-order valence-electron chi connectivity index (χ1n) is 5.75. The number of nitrogens with one attached hydrogen (secondary N) is 1. The van der Waals surface area contributed by atoms with Gasteiger partial charge in [-0.3, -0.25) is 0 Å². The van der Waals surface area contributed by atoms with E-state index in [-0.39, 0.29) is 11.4 Å². The minimum atomic E-state index is -0.756. The Morgan fingerprint density at radius 1 is 1.00 bits per heavy atom. The first kappa shape index (κ1) is 13.5. The number of nitriles is 2. The van der Waals surface area contributed by atoms with Crippen molar-refractivity contribution in [3.63, 3.8) is 0 Å². The predicted molar refractivity (Wildman–Crippen MR) is 69.5 cm³/mol. The number of anilines is 1. The molecule has 0 heterocycles. The second-order valence-electron chi connectivity index (χ2n) is 4.06. The summed E-state index contributed by atoms with van der Waals surface area (Å²) in [7, 11) is 0. The average molecular weight is 269 g/mol. The van der Waals surface area contributed by atoms with E-state index in [2.05, 4.69) is 5.32 Å². The molecule has 0 spiro atoms. The van der Waals surface area contributed by atoms with Crippen LogP contribution < -0.4 is 5.32 Å². The van der Waals surface area contributed by atoms with Gasteiger partial charge in [0.15, 0.2) is 0 Å². The van der Waals surface area contributed by atoms with Crippen LogP contribution in [-0.2, 0) is 0 Å². The van der Waals surface area contributed by atoms with Gasteiger partial charge in [0.1, 0.15) is 23.7 Å². The van der Waals surface area contributed by atoms with Gasteiger partial charge in [0.05, 0.1) is 11.6 Å². The number of hydrogen-bond donors (Lipinski definition) is 1. The maximum absolute atomic E-state index is 13.2. The smallest absolute Gasteiger partial charge is 0.140 e. The predicted octanol–water partition coefficient (Wildman–Crippen LogP) is 3.51. The Bertz CT molecular complexity index is 697. The molecule has 0 radical (unpaired) electrons. The van der Waals surface area contributed by atoms with Gasteiger partial charge in [0.2, 0.25) is 0 Å². The highest BCUT2D eigenvalue weighted by Gasteiger charge is 2.13. The average Bonchev–Trinajstić information content (AvgIpc) is 2.47. The van der Waals surface area contributed by atoms with Crippen LogP contribution in [0.1, 0.15) is 17.2 Å². The van der Waals surface area contributed by atoms with Crippen LogP contribution in [0.4, 0.5) is 14.5 Å². The molecule has 0 bridgehead atoms. The standard InChI is InChI=1S/C15H9F2N3/c16-12-2-4-13(5-3-12)20-15(9-19)10-1-6-14(17)11(7-10)8-18/h1-7,15,20H. The van der Waals surface area contributed by atoms with E-state index in [9.17, 15) is 8.78 Å². The van der Waals surface area contributed by atoms with E-state index >= 15 is 0 Å². The van der Waals surface area contributed by atoms with Crippen LogP contribution in [0, 0.1) is 34.3 Å². The second-order valence-corrected chi connectivity index (χ2v) is 4.06. The Morgan fingerprint density at radius 3 is 2.30 bits per heavy atom. The van der Waals surface area contributed by atoms with Gasteiger partial charge in [-0.25, -0.2) is 8.78 Å². The SMILES string of the molecule is N#Cc1cc(C(C#N)Nc2ccc(F)cc2)ccc1F. The summed E-state index contributed by atoms with van der Waals surface area (Å²) in [5, 5.41) is 20.8. The van der Waals surface area contributed by atoms with Gasteiger partial charge in [0.25, 0.3) is 0 Å². The van der Waals surface area contributed by atoms with Crippen molar-refractivity contribution < 1.29 is 8.78 Å². The molecular formula is C15H9F2N3. The van der Waals surface area contributed by atoms with Gasteiger partial charge in [-0.1, -0.05) is 6.07 Å². The van der Waals surface area contributed by atoms with E-state index in [4.69, 9.17) is 10.5 Å². The third-order valence-corrected chi connectivity index (χ3v) is 2.73. The van der Waals surface area contributed by atoms with Crippen LogP contribution in [0.25, 0.3) is 0 Å². The van der Waals surface area contributed by atoms with Crippen molar-refractivity contribution in [2.24, 2.45) is 0 Å².